The second-order valence-corrected chi connectivity index (χ2v) is 6.65. The van der Waals surface area contributed by atoms with Gasteiger partial charge in [0.15, 0.2) is 0 Å². The van der Waals surface area contributed by atoms with Crippen LogP contribution in [0.3, 0.4) is 0 Å². The lowest BCUT2D eigenvalue weighted by Gasteiger charge is -2.36. The van der Waals surface area contributed by atoms with E-state index in [0.29, 0.717) is 0 Å². The van der Waals surface area contributed by atoms with Crippen molar-refractivity contribution in [2.24, 2.45) is 0 Å². The molecule has 0 amide bonds. The van der Waals surface area contributed by atoms with Crippen LogP contribution in [0.5, 0.6) is 5.75 Å². The molecule has 0 spiro atoms. The molecular formula is C25H21NO2. The third kappa shape index (κ3) is 3.01. The summed E-state index contributed by atoms with van der Waals surface area (Å²) < 4.78 is 5.37. The first-order valence-corrected chi connectivity index (χ1v) is 9.20. The second kappa shape index (κ2) is 7.57. The number of benzene rings is 3. The molecule has 0 fully saturated rings. The fraction of sp³-hybridized carbons (Fsp3) is 0.0800. The number of nitrogens with one attached hydrogen (secondary N) is 1. The molecule has 0 saturated carbocycles. The third-order valence-corrected chi connectivity index (χ3v) is 5.15. The van der Waals surface area contributed by atoms with Crippen LogP contribution in [0.25, 0.3) is 0 Å². The maximum absolute atomic E-state index is 11.8. The van der Waals surface area contributed by atoms with E-state index in [1.54, 1.807) is 13.2 Å². The lowest BCUT2D eigenvalue weighted by molar-refractivity contribution is 0.414. The van der Waals surface area contributed by atoms with Gasteiger partial charge in [0, 0.05) is 12.3 Å². The van der Waals surface area contributed by atoms with Crippen LogP contribution < -0.4 is 10.3 Å². The molecule has 4 rings (SSSR count). The molecule has 0 atom stereocenters. The minimum absolute atomic E-state index is 0.117. The Labute approximate surface area is 164 Å². The molecule has 0 aliphatic rings. The minimum atomic E-state index is -0.570. The Kier molecular flexibility index (Phi) is 4.81. The summed E-state index contributed by atoms with van der Waals surface area (Å²) in [5.74, 6) is 0.806. The predicted octanol–water partition coefficient (Wildman–Crippen LogP) is 4.77. The van der Waals surface area contributed by atoms with E-state index in [0.717, 1.165) is 28.0 Å². The van der Waals surface area contributed by atoms with Crippen LogP contribution in [-0.4, -0.2) is 12.1 Å². The first-order chi connectivity index (χ1) is 13.7. The molecule has 0 aliphatic heterocycles. The molecule has 1 heterocycles. The van der Waals surface area contributed by atoms with Crippen molar-refractivity contribution in [3.05, 3.63) is 136 Å². The zero-order valence-electron chi connectivity index (χ0n) is 15.6. The summed E-state index contributed by atoms with van der Waals surface area (Å²) >= 11 is 0. The van der Waals surface area contributed by atoms with Gasteiger partial charge in [0.25, 0.3) is 0 Å². The van der Waals surface area contributed by atoms with Gasteiger partial charge in [-0.15, -0.1) is 0 Å². The van der Waals surface area contributed by atoms with Crippen LogP contribution in [0.15, 0.2) is 108 Å². The van der Waals surface area contributed by atoms with Crippen molar-refractivity contribution in [2.45, 2.75) is 5.41 Å². The van der Waals surface area contributed by atoms with Gasteiger partial charge in [0.2, 0.25) is 5.56 Å². The highest BCUT2D eigenvalue weighted by Crippen LogP contribution is 2.44. The van der Waals surface area contributed by atoms with Gasteiger partial charge in [-0.25, -0.2) is 0 Å². The van der Waals surface area contributed by atoms with Crippen LogP contribution in [0.2, 0.25) is 0 Å². The van der Waals surface area contributed by atoms with Crippen LogP contribution in [-0.2, 0) is 5.41 Å². The van der Waals surface area contributed by atoms with Gasteiger partial charge in [-0.1, -0.05) is 78.9 Å². The summed E-state index contributed by atoms with van der Waals surface area (Å²) in [6.45, 7) is 0. The summed E-state index contributed by atoms with van der Waals surface area (Å²) in [6, 6.07) is 32.3. The van der Waals surface area contributed by atoms with Gasteiger partial charge in [-0.3, -0.25) is 4.79 Å². The fourth-order valence-corrected chi connectivity index (χ4v) is 3.86. The predicted molar refractivity (Wildman–Crippen MR) is 112 cm³/mol. The number of hydrogen-bond acceptors (Lipinski definition) is 2. The Morgan fingerprint density at radius 2 is 1.14 bits per heavy atom. The van der Waals surface area contributed by atoms with Crippen molar-refractivity contribution in [3.63, 3.8) is 0 Å². The highest BCUT2D eigenvalue weighted by Gasteiger charge is 2.38. The summed E-state index contributed by atoms with van der Waals surface area (Å²) in [7, 11) is 1.67. The maximum atomic E-state index is 11.8. The van der Waals surface area contributed by atoms with Crippen molar-refractivity contribution in [2.75, 3.05) is 7.11 Å². The smallest absolute Gasteiger partial charge is 0.247 e. The summed E-state index contributed by atoms with van der Waals surface area (Å²) in [6.07, 6.45) is 1.81. The zero-order chi connectivity index (χ0) is 19.4. The van der Waals surface area contributed by atoms with Crippen LogP contribution in [0.1, 0.15) is 22.3 Å². The number of H-pyrrole nitrogens is 1. The van der Waals surface area contributed by atoms with Gasteiger partial charge in [0.1, 0.15) is 5.75 Å². The molecule has 3 aromatic carbocycles. The maximum Gasteiger partial charge on any atom is 0.247 e. The van der Waals surface area contributed by atoms with E-state index >= 15 is 0 Å². The van der Waals surface area contributed by atoms with Gasteiger partial charge < -0.3 is 9.72 Å². The first-order valence-electron chi connectivity index (χ1n) is 9.20. The molecular weight excluding hydrogens is 346 g/mol. The van der Waals surface area contributed by atoms with Gasteiger partial charge >= 0.3 is 0 Å². The first kappa shape index (κ1) is 17.8. The molecule has 0 saturated heterocycles. The molecule has 1 aromatic heterocycles. The molecule has 0 aliphatic carbocycles. The van der Waals surface area contributed by atoms with E-state index in [2.05, 4.69) is 41.4 Å². The molecule has 0 unspecified atom stereocenters. The number of hydrogen-bond donors (Lipinski definition) is 1. The monoisotopic (exact) mass is 367 g/mol. The highest BCUT2D eigenvalue weighted by molar-refractivity contribution is 5.59. The molecule has 138 valence electrons. The summed E-state index contributed by atoms with van der Waals surface area (Å²) in [4.78, 5) is 14.6. The number of aromatic nitrogens is 1. The number of pyridine rings is 1. The van der Waals surface area contributed by atoms with E-state index in [1.807, 2.05) is 60.8 Å². The normalized spacial score (nSPS) is 11.2. The van der Waals surface area contributed by atoms with Crippen molar-refractivity contribution < 1.29 is 4.74 Å². The summed E-state index contributed by atoms with van der Waals surface area (Å²) in [5, 5.41) is 0. The van der Waals surface area contributed by atoms with Crippen molar-refractivity contribution in [1.29, 1.82) is 0 Å². The van der Waals surface area contributed by atoms with E-state index in [4.69, 9.17) is 4.74 Å². The quantitative estimate of drug-likeness (QED) is 0.517. The second-order valence-electron chi connectivity index (χ2n) is 6.65. The Bertz CT molecular complexity index is 1040. The van der Waals surface area contributed by atoms with E-state index in [9.17, 15) is 4.79 Å². The highest BCUT2D eigenvalue weighted by atomic mass is 16.5. The van der Waals surface area contributed by atoms with Crippen LogP contribution >= 0.6 is 0 Å². The molecule has 3 nitrogen and oxygen atoms in total. The van der Waals surface area contributed by atoms with Crippen molar-refractivity contribution >= 4 is 0 Å². The number of rotatable bonds is 5. The van der Waals surface area contributed by atoms with E-state index < -0.39 is 5.41 Å². The molecule has 0 radical (unpaired) electrons. The van der Waals surface area contributed by atoms with Crippen molar-refractivity contribution in [1.82, 2.24) is 4.98 Å². The van der Waals surface area contributed by atoms with Crippen molar-refractivity contribution in [3.8, 4) is 5.75 Å². The largest absolute Gasteiger partial charge is 0.497 e. The average molecular weight is 367 g/mol. The lowest BCUT2D eigenvalue weighted by Crippen LogP contribution is -2.31. The Hall–Kier alpha value is -3.59. The molecule has 4 aromatic rings. The topological polar surface area (TPSA) is 42.1 Å². The zero-order valence-corrected chi connectivity index (χ0v) is 15.6. The standard InChI is InChI=1S/C25H21NO2/c1-28-23-15-12-21(13-16-23)25(19-8-4-2-5-9-19,20-10-6-3-7-11-20)22-14-17-24(27)26-18-22/h2-18H,1H3,(H,26,27). The number of aromatic amines is 1. The van der Waals surface area contributed by atoms with Crippen LogP contribution in [0, 0.1) is 0 Å². The SMILES string of the molecule is COc1ccc(C(c2ccccc2)(c2ccccc2)c2ccc(=O)[nH]c2)cc1. The third-order valence-electron chi connectivity index (χ3n) is 5.15. The molecule has 28 heavy (non-hydrogen) atoms. The van der Waals surface area contributed by atoms with E-state index in [1.165, 1.54) is 0 Å². The fourth-order valence-electron chi connectivity index (χ4n) is 3.86. The minimum Gasteiger partial charge on any atom is -0.497 e. The Morgan fingerprint density at radius 1 is 0.643 bits per heavy atom. The lowest BCUT2D eigenvalue weighted by atomic mass is 9.65. The molecule has 3 heteroatoms. The Morgan fingerprint density at radius 3 is 1.61 bits per heavy atom. The number of methoxy groups -OCH3 is 1. The van der Waals surface area contributed by atoms with Gasteiger partial charge in [-0.2, -0.15) is 0 Å². The molecule has 0 bridgehead atoms. The van der Waals surface area contributed by atoms with Gasteiger partial charge in [0.05, 0.1) is 12.5 Å². The Balaban J connectivity index is 2.10. The van der Waals surface area contributed by atoms with Gasteiger partial charge in [-0.05, 0) is 34.4 Å². The summed E-state index contributed by atoms with van der Waals surface area (Å²) in [5.41, 5.74) is 3.65. The average Bonchev–Trinajstić information content (AvgIpc) is 2.77. The van der Waals surface area contributed by atoms with Crippen LogP contribution in [0.4, 0.5) is 0 Å². The van der Waals surface area contributed by atoms with E-state index in [-0.39, 0.29) is 5.56 Å². The number of ether oxygens (including phenoxy) is 1. The molecule has 1 N–H and O–H groups in total.